The lowest BCUT2D eigenvalue weighted by atomic mass is 9.77. The van der Waals surface area contributed by atoms with Gasteiger partial charge in [-0.25, -0.2) is 17.6 Å². The van der Waals surface area contributed by atoms with Crippen LogP contribution in [0.2, 0.25) is 0 Å². The van der Waals surface area contributed by atoms with E-state index < -0.39 is 23.3 Å². The van der Waals surface area contributed by atoms with E-state index in [0.29, 0.717) is 34.6 Å². The Balaban J connectivity index is 1.37. The highest BCUT2D eigenvalue weighted by Crippen LogP contribution is 2.40. The Morgan fingerprint density at radius 3 is 1.79 bits per heavy atom. The first-order valence-corrected chi connectivity index (χ1v) is 16.6. The number of aryl methyl sites for hydroxylation is 1. The van der Waals surface area contributed by atoms with Crippen LogP contribution in [0.1, 0.15) is 121 Å². The Morgan fingerprint density at radius 2 is 1.19 bits per heavy atom. The van der Waals surface area contributed by atoms with Crippen molar-refractivity contribution in [2.75, 3.05) is 0 Å². The summed E-state index contributed by atoms with van der Waals surface area (Å²) in [6, 6.07) is 13.3. The average molecular weight is 593 g/mol. The van der Waals surface area contributed by atoms with Crippen molar-refractivity contribution < 1.29 is 17.6 Å². The molecular formula is C39H48F4. The number of rotatable bonds is 15. The van der Waals surface area contributed by atoms with Crippen LogP contribution in [-0.2, 0) is 6.42 Å². The zero-order valence-corrected chi connectivity index (χ0v) is 26.0. The van der Waals surface area contributed by atoms with Gasteiger partial charge in [-0.3, -0.25) is 0 Å². The molecule has 0 aliphatic heterocycles. The second-order valence-corrected chi connectivity index (χ2v) is 12.4. The van der Waals surface area contributed by atoms with Gasteiger partial charge in [0.15, 0.2) is 23.3 Å². The third-order valence-corrected chi connectivity index (χ3v) is 9.34. The van der Waals surface area contributed by atoms with Gasteiger partial charge in [-0.1, -0.05) is 113 Å². The molecule has 0 aromatic heterocycles. The van der Waals surface area contributed by atoms with Gasteiger partial charge in [-0.2, -0.15) is 0 Å². The second-order valence-electron chi connectivity index (χ2n) is 12.4. The van der Waals surface area contributed by atoms with E-state index in [1.165, 1.54) is 32.1 Å². The smallest absolute Gasteiger partial charge is 0.166 e. The molecule has 232 valence electrons. The van der Waals surface area contributed by atoms with Crippen LogP contribution < -0.4 is 0 Å². The van der Waals surface area contributed by atoms with E-state index >= 15 is 13.2 Å². The number of hydrogen-bond donors (Lipinski definition) is 0. The van der Waals surface area contributed by atoms with Crippen molar-refractivity contribution in [1.29, 1.82) is 0 Å². The zero-order chi connectivity index (χ0) is 30.6. The third-order valence-electron chi connectivity index (χ3n) is 9.34. The quantitative estimate of drug-likeness (QED) is 0.0935. The van der Waals surface area contributed by atoms with Crippen LogP contribution >= 0.6 is 0 Å². The van der Waals surface area contributed by atoms with E-state index in [1.807, 2.05) is 6.92 Å². The predicted octanol–water partition coefficient (Wildman–Crippen LogP) is 12.9. The Hall–Kier alpha value is -2.88. The van der Waals surface area contributed by atoms with E-state index in [-0.39, 0.29) is 17.0 Å². The summed E-state index contributed by atoms with van der Waals surface area (Å²) in [5.74, 6) is -2.56. The first-order chi connectivity index (χ1) is 20.9. The van der Waals surface area contributed by atoms with Gasteiger partial charge in [-0.15, -0.1) is 0 Å². The van der Waals surface area contributed by atoms with Gasteiger partial charge in [0.25, 0.3) is 0 Å². The Bertz CT molecular complexity index is 1320. The molecule has 0 heterocycles. The number of allylic oxidation sites excluding steroid dienone is 2. The first kappa shape index (κ1) is 33.0. The SMILES string of the molecule is CC=CCCC1CCC(c2ccc(-c3ccc(-c4ccc(CCCCCCCCCC)c(F)c4F)cc3)c(F)c2F)CC1. The summed E-state index contributed by atoms with van der Waals surface area (Å²) < 4.78 is 60.6. The number of unbranched alkanes of at least 4 members (excludes halogenated alkanes) is 7. The fraction of sp³-hybridized carbons (Fsp3) is 0.487. The summed E-state index contributed by atoms with van der Waals surface area (Å²) in [7, 11) is 0. The predicted molar refractivity (Wildman–Crippen MR) is 172 cm³/mol. The summed E-state index contributed by atoms with van der Waals surface area (Å²) in [6.07, 6.45) is 20.1. The Labute approximate surface area is 256 Å². The molecule has 0 atom stereocenters. The van der Waals surface area contributed by atoms with E-state index in [4.69, 9.17) is 0 Å². The van der Waals surface area contributed by atoms with Gasteiger partial charge in [0.2, 0.25) is 0 Å². The van der Waals surface area contributed by atoms with Crippen molar-refractivity contribution >= 4 is 0 Å². The standard InChI is InChI=1S/C39H48F4/c1-3-5-7-8-9-10-11-13-15-32-24-25-33(37(41)36(32)40)30-20-22-31(23-21-30)35-27-26-34(38(42)39(35)43)29-18-16-28(17-19-29)14-12-6-4-2/h4,6,20-29H,3,5,7-19H2,1-2H3. The normalized spacial score (nSPS) is 17.2. The van der Waals surface area contributed by atoms with Gasteiger partial charge >= 0.3 is 0 Å². The topological polar surface area (TPSA) is 0 Å². The summed E-state index contributed by atoms with van der Waals surface area (Å²) in [5.41, 5.74) is 2.24. The molecule has 0 spiro atoms. The van der Waals surface area contributed by atoms with E-state index in [2.05, 4.69) is 19.1 Å². The molecule has 1 aliphatic rings. The number of benzene rings is 3. The molecule has 0 nitrogen and oxygen atoms in total. The lowest BCUT2D eigenvalue weighted by Gasteiger charge is -2.29. The van der Waals surface area contributed by atoms with E-state index in [1.54, 1.807) is 48.5 Å². The molecule has 4 rings (SSSR count). The minimum atomic E-state index is -0.858. The van der Waals surface area contributed by atoms with Crippen LogP contribution in [0.15, 0.2) is 60.7 Å². The highest BCUT2D eigenvalue weighted by atomic mass is 19.2. The molecular weight excluding hydrogens is 544 g/mol. The van der Waals surface area contributed by atoms with Gasteiger partial charge in [0.05, 0.1) is 0 Å². The molecule has 0 unspecified atom stereocenters. The maximum atomic E-state index is 15.3. The maximum Gasteiger partial charge on any atom is 0.166 e. The van der Waals surface area contributed by atoms with Crippen LogP contribution in [0.3, 0.4) is 0 Å². The summed E-state index contributed by atoms with van der Waals surface area (Å²) in [6.45, 7) is 4.24. The molecule has 0 amide bonds. The molecule has 1 saturated carbocycles. The zero-order valence-electron chi connectivity index (χ0n) is 26.0. The van der Waals surface area contributed by atoms with Crippen molar-refractivity contribution in [3.63, 3.8) is 0 Å². The van der Waals surface area contributed by atoms with Crippen LogP contribution in [0.25, 0.3) is 22.3 Å². The summed E-state index contributed by atoms with van der Waals surface area (Å²) >= 11 is 0. The number of halogens is 4. The largest absolute Gasteiger partial charge is 0.203 e. The van der Waals surface area contributed by atoms with Crippen LogP contribution in [0.5, 0.6) is 0 Å². The van der Waals surface area contributed by atoms with Gasteiger partial charge in [0, 0.05) is 11.1 Å². The third kappa shape index (κ3) is 8.83. The Kier molecular flexibility index (Phi) is 12.9. The van der Waals surface area contributed by atoms with Crippen molar-refractivity contribution in [2.24, 2.45) is 5.92 Å². The van der Waals surface area contributed by atoms with Crippen LogP contribution in [0, 0.1) is 29.2 Å². The molecule has 43 heavy (non-hydrogen) atoms. The molecule has 4 heteroatoms. The maximum absolute atomic E-state index is 15.3. The lowest BCUT2D eigenvalue weighted by molar-refractivity contribution is 0.306. The molecule has 0 radical (unpaired) electrons. The average Bonchev–Trinajstić information content (AvgIpc) is 3.02. The highest BCUT2D eigenvalue weighted by Gasteiger charge is 2.26. The van der Waals surface area contributed by atoms with Crippen molar-refractivity contribution in [1.82, 2.24) is 0 Å². The van der Waals surface area contributed by atoms with E-state index in [9.17, 15) is 4.39 Å². The monoisotopic (exact) mass is 592 g/mol. The lowest BCUT2D eigenvalue weighted by Crippen LogP contribution is -2.15. The summed E-state index contributed by atoms with van der Waals surface area (Å²) in [5, 5.41) is 0. The van der Waals surface area contributed by atoms with Gasteiger partial charge < -0.3 is 0 Å². The molecule has 0 bridgehead atoms. The summed E-state index contributed by atoms with van der Waals surface area (Å²) in [4.78, 5) is 0. The fourth-order valence-electron chi connectivity index (χ4n) is 6.65. The molecule has 1 fully saturated rings. The van der Waals surface area contributed by atoms with Crippen LogP contribution in [0.4, 0.5) is 17.6 Å². The molecule has 1 aliphatic carbocycles. The first-order valence-electron chi connectivity index (χ1n) is 16.6. The van der Waals surface area contributed by atoms with Gasteiger partial charge in [-0.05, 0) is 92.4 Å². The van der Waals surface area contributed by atoms with Crippen LogP contribution in [-0.4, -0.2) is 0 Å². The molecule has 0 saturated heterocycles. The minimum Gasteiger partial charge on any atom is -0.203 e. The molecule has 0 N–H and O–H groups in total. The highest BCUT2D eigenvalue weighted by molar-refractivity contribution is 5.71. The van der Waals surface area contributed by atoms with Gasteiger partial charge in [0.1, 0.15) is 0 Å². The minimum absolute atomic E-state index is 0.0419. The number of hydrogen-bond acceptors (Lipinski definition) is 0. The van der Waals surface area contributed by atoms with Crippen molar-refractivity contribution in [3.05, 3.63) is 95.1 Å². The second kappa shape index (κ2) is 16.8. The van der Waals surface area contributed by atoms with Crippen molar-refractivity contribution in [3.8, 4) is 22.3 Å². The fourth-order valence-corrected chi connectivity index (χ4v) is 6.65. The van der Waals surface area contributed by atoms with E-state index in [0.717, 1.165) is 57.8 Å². The molecule has 3 aromatic rings. The molecule has 3 aromatic carbocycles. The van der Waals surface area contributed by atoms with Crippen molar-refractivity contribution in [2.45, 2.75) is 116 Å². The Morgan fingerprint density at radius 1 is 0.628 bits per heavy atom.